The lowest BCUT2D eigenvalue weighted by Crippen LogP contribution is -2.38. The molecule has 110 valence electrons. The number of nitrogens with zero attached hydrogens (tertiary/aromatic N) is 1. The predicted octanol–water partition coefficient (Wildman–Crippen LogP) is 2.14. The molecule has 0 aromatic rings. The van der Waals surface area contributed by atoms with Crippen molar-refractivity contribution in [1.82, 2.24) is 5.32 Å². The number of hydrogen-bond acceptors (Lipinski definition) is 2. The molecule has 0 bridgehead atoms. The molecule has 0 radical (unpaired) electrons. The summed E-state index contributed by atoms with van der Waals surface area (Å²) in [6.45, 7) is 7.28. The molecule has 4 nitrogen and oxygen atoms in total. The van der Waals surface area contributed by atoms with Gasteiger partial charge in [-0.15, -0.1) is 0 Å². The Morgan fingerprint density at radius 1 is 1.26 bits per heavy atom. The second-order valence-corrected chi connectivity index (χ2v) is 6.27. The van der Waals surface area contributed by atoms with Gasteiger partial charge in [-0.05, 0) is 37.0 Å². The minimum Gasteiger partial charge on any atom is -0.376 e. The lowest BCUT2D eigenvalue weighted by molar-refractivity contribution is 0.114. The van der Waals surface area contributed by atoms with Crippen LogP contribution < -0.4 is 11.1 Å². The summed E-state index contributed by atoms with van der Waals surface area (Å²) < 4.78 is 5.56. The van der Waals surface area contributed by atoms with E-state index in [0.717, 1.165) is 38.0 Å². The fourth-order valence-corrected chi connectivity index (χ4v) is 3.25. The monoisotopic (exact) mass is 267 g/mol. The molecule has 0 aromatic heterocycles. The molecule has 0 spiro atoms. The molecule has 0 amide bonds. The Bertz CT molecular complexity index is 300. The highest BCUT2D eigenvalue weighted by atomic mass is 16.5. The van der Waals surface area contributed by atoms with Crippen molar-refractivity contribution in [3.63, 3.8) is 0 Å². The van der Waals surface area contributed by atoms with Gasteiger partial charge in [-0.3, -0.25) is 4.99 Å². The largest absolute Gasteiger partial charge is 0.376 e. The third-order valence-corrected chi connectivity index (χ3v) is 4.91. The maximum Gasteiger partial charge on any atom is 0.188 e. The summed E-state index contributed by atoms with van der Waals surface area (Å²) in [5.74, 6) is 2.88. The SMILES string of the molecule is CC1CCCC(CN=C(N)NCC2CCCO2)C1C. The number of nitrogens with two attached hydrogens (primary N) is 1. The van der Waals surface area contributed by atoms with Crippen LogP contribution in [0.3, 0.4) is 0 Å². The summed E-state index contributed by atoms with van der Waals surface area (Å²) >= 11 is 0. The first-order valence-corrected chi connectivity index (χ1v) is 7.82. The third-order valence-electron chi connectivity index (χ3n) is 4.91. The van der Waals surface area contributed by atoms with E-state index in [4.69, 9.17) is 10.5 Å². The van der Waals surface area contributed by atoms with Gasteiger partial charge >= 0.3 is 0 Å². The van der Waals surface area contributed by atoms with Crippen molar-refractivity contribution in [3.05, 3.63) is 0 Å². The van der Waals surface area contributed by atoms with Crippen molar-refractivity contribution in [2.45, 2.75) is 52.1 Å². The van der Waals surface area contributed by atoms with Crippen LogP contribution in [0.1, 0.15) is 46.0 Å². The maximum atomic E-state index is 5.93. The van der Waals surface area contributed by atoms with Gasteiger partial charge in [-0.25, -0.2) is 0 Å². The summed E-state index contributed by atoms with van der Waals surface area (Å²) in [6, 6.07) is 0. The number of rotatable bonds is 4. The Morgan fingerprint density at radius 3 is 2.84 bits per heavy atom. The van der Waals surface area contributed by atoms with Gasteiger partial charge in [-0.2, -0.15) is 0 Å². The van der Waals surface area contributed by atoms with E-state index < -0.39 is 0 Å². The Kier molecular flexibility index (Phi) is 5.49. The van der Waals surface area contributed by atoms with Crippen molar-refractivity contribution in [1.29, 1.82) is 0 Å². The Hall–Kier alpha value is -0.770. The minimum atomic E-state index is 0.322. The van der Waals surface area contributed by atoms with Crippen molar-refractivity contribution in [2.75, 3.05) is 19.7 Å². The number of hydrogen-bond donors (Lipinski definition) is 2. The molecular formula is C15H29N3O. The molecule has 1 heterocycles. The minimum absolute atomic E-state index is 0.322. The second kappa shape index (κ2) is 7.13. The molecule has 2 fully saturated rings. The van der Waals surface area contributed by atoms with Gasteiger partial charge in [-0.1, -0.05) is 26.7 Å². The zero-order chi connectivity index (χ0) is 13.7. The normalized spacial score (nSPS) is 36.4. The molecule has 1 saturated heterocycles. The number of ether oxygens (including phenoxy) is 1. The van der Waals surface area contributed by atoms with Gasteiger partial charge in [0.2, 0.25) is 0 Å². The topological polar surface area (TPSA) is 59.6 Å². The molecule has 3 N–H and O–H groups in total. The van der Waals surface area contributed by atoms with Crippen LogP contribution in [-0.4, -0.2) is 31.8 Å². The first-order chi connectivity index (χ1) is 9.16. The van der Waals surface area contributed by atoms with Crippen molar-refractivity contribution >= 4 is 5.96 Å². The van der Waals surface area contributed by atoms with Crippen LogP contribution in [0.25, 0.3) is 0 Å². The van der Waals surface area contributed by atoms with E-state index in [2.05, 4.69) is 24.2 Å². The summed E-state index contributed by atoms with van der Waals surface area (Å²) in [5.41, 5.74) is 5.93. The van der Waals surface area contributed by atoms with E-state index in [1.807, 2.05) is 0 Å². The van der Waals surface area contributed by atoms with E-state index in [1.54, 1.807) is 0 Å². The van der Waals surface area contributed by atoms with Crippen LogP contribution >= 0.6 is 0 Å². The smallest absolute Gasteiger partial charge is 0.188 e. The van der Waals surface area contributed by atoms with E-state index >= 15 is 0 Å². The second-order valence-electron chi connectivity index (χ2n) is 6.27. The van der Waals surface area contributed by atoms with Gasteiger partial charge in [0.05, 0.1) is 6.10 Å². The molecular weight excluding hydrogens is 238 g/mol. The molecule has 1 aliphatic carbocycles. The highest BCUT2D eigenvalue weighted by Gasteiger charge is 2.26. The molecule has 2 aliphatic rings. The van der Waals surface area contributed by atoms with Gasteiger partial charge in [0.15, 0.2) is 5.96 Å². The van der Waals surface area contributed by atoms with Gasteiger partial charge in [0.25, 0.3) is 0 Å². The fourth-order valence-electron chi connectivity index (χ4n) is 3.25. The van der Waals surface area contributed by atoms with Crippen LogP contribution in [0.5, 0.6) is 0 Å². The fraction of sp³-hybridized carbons (Fsp3) is 0.933. The first kappa shape index (κ1) is 14.6. The van der Waals surface area contributed by atoms with Gasteiger partial charge in [0, 0.05) is 19.7 Å². The molecule has 0 aromatic carbocycles. The van der Waals surface area contributed by atoms with E-state index in [-0.39, 0.29) is 0 Å². The summed E-state index contributed by atoms with van der Waals surface area (Å²) in [6.07, 6.45) is 6.64. The molecule has 4 unspecified atom stereocenters. The molecule has 1 saturated carbocycles. The Labute approximate surface area is 117 Å². The van der Waals surface area contributed by atoms with Crippen LogP contribution in [0.2, 0.25) is 0 Å². The van der Waals surface area contributed by atoms with Crippen LogP contribution in [0, 0.1) is 17.8 Å². The lowest BCUT2D eigenvalue weighted by Gasteiger charge is -2.33. The average molecular weight is 267 g/mol. The summed E-state index contributed by atoms with van der Waals surface area (Å²) in [5, 5.41) is 3.19. The highest BCUT2D eigenvalue weighted by molar-refractivity contribution is 5.77. The van der Waals surface area contributed by atoms with E-state index in [0.29, 0.717) is 18.0 Å². The Morgan fingerprint density at radius 2 is 2.11 bits per heavy atom. The zero-order valence-corrected chi connectivity index (χ0v) is 12.4. The average Bonchev–Trinajstić information content (AvgIpc) is 2.91. The number of aliphatic imine (C=N–C) groups is 1. The van der Waals surface area contributed by atoms with Crippen LogP contribution in [0.4, 0.5) is 0 Å². The lowest BCUT2D eigenvalue weighted by atomic mass is 9.74. The Balaban J connectivity index is 1.70. The zero-order valence-electron chi connectivity index (χ0n) is 12.4. The maximum absolute atomic E-state index is 5.93. The highest BCUT2D eigenvalue weighted by Crippen LogP contribution is 2.34. The molecule has 1 aliphatic heterocycles. The quantitative estimate of drug-likeness (QED) is 0.606. The first-order valence-electron chi connectivity index (χ1n) is 7.82. The standard InChI is InChI=1S/C15H29N3O/c1-11-5-3-6-13(12(11)2)9-17-15(16)18-10-14-7-4-8-19-14/h11-14H,3-10H2,1-2H3,(H3,16,17,18). The predicted molar refractivity (Wildman–Crippen MR) is 79.1 cm³/mol. The molecule has 19 heavy (non-hydrogen) atoms. The summed E-state index contributed by atoms with van der Waals surface area (Å²) in [7, 11) is 0. The molecule has 2 rings (SSSR count). The van der Waals surface area contributed by atoms with Crippen LogP contribution in [-0.2, 0) is 4.74 Å². The number of nitrogens with one attached hydrogen (secondary N) is 1. The van der Waals surface area contributed by atoms with E-state index in [9.17, 15) is 0 Å². The van der Waals surface area contributed by atoms with E-state index in [1.165, 1.54) is 25.7 Å². The number of guanidine groups is 1. The van der Waals surface area contributed by atoms with Gasteiger partial charge in [0.1, 0.15) is 0 Å². The van der Waals surface area contributed by atoms with Crippen molar-refractivity contribution < 1.29 is 4.74 Å². The molecule has 4 heteroatoms. The third kappa shape index (κ3) is 4.37. The van der Waals surface area contributed by atoms with Crippen molar-refractivity contribution in [2.24, 2.45) is 28.5 Å². The van der Waals surface area contributed by atoms with Crippen molar-refractivity contribution in [3.8, 4) is 0 Å². The summed E-state index contributed by atoms with van der Waals surface area (Å²) in [4.78, 5) is 4.52. The molecule has 4 atom stereocenters. The van der Waals surface area contributed by atoms with Gasteiger partial charge < -0.3 is 15.8 Å². The van der Waals surface area contributed by atoms with Crippen LogP contribution in [0.15, 0.2) is 4.99 Å².